The van der Waals surface area contributed by atoms with E-state index >= 15 is 0 Å². The number of fused-ring (bicyclic) bond motifs is 1. The molecule has 1 aliphatic rings. The number of aryl methyl sites for hydroxylation is 1. The molecule has 7 heteroatoms. The van der Waals surface area contributed by atoms with Crippen LogP contribution in [0.5, 0.6) is 0 Å². The Morgan fingerprint density at radius 2 is 2.00 bits per heavy atom. The zero-order valence-electron chi connectivity index (χ0n) is 18.0. The monoisotopic (exact) mass is 445 g/mol. The van der Waals surface area contributed by atoms with Crippen molar-refractivity contribution in [3.63, 3.8) is 0 Å². The first kappa shape index (κ1) is 20.7. The van der Waals surface area contributed by atoms with Crippen LogP contribution in [-0.2, 0) is 0 Å². The molecule has 0 spiro atoms. The summed E-state index contributed by atoms with van der Waals surface area (Å²) < 4.78 is 0. The van der Waals surface area contributed by atoms with Gasteiger partial charge in [0.05, 0.1) is 5.52 Å². The van der Waals surface area contributed by atoms with Crippen LogP contribution in [0.3, 0.4) is 0 Å². The van der Waals surface area contributed by atoms with Crippen molar-refractivity contribution >= 4 is 28.4 Å². The predicted molar refractivity (Wildman–Crippen MR) is 127 cm³/mol. The van der Waals surface area contributed by atoms with Crippen LogP contribution in [-0.4, -0.2) is 52.2 Å². The number of nitrogens with one attached hydrogen (secondary N) is 2. The molecule has 4 aromatic rings. The largest absolute Gasteiger partial charge is 0.347 e. The van der Waals surface area contributed by atoms with E-state index in [9.17, 15) is 4.79 Å². The summed E-state index contributed by atoms with van der Waals surface area (Å²) in [5, 5.41) is 12.4. The maximum atomic E-state index is 13.2. The van der Waals surface area contributed by atoms with E-state index in [0.29, 0.717) is 5.56 Å². The summed E-state index contributed by atoms with van der Waals surface area (Å²) in [6.07, 6.45) is 1.77. The molecule has 2 atom stereocenters. The highest BCUT2D eigenvalue weighted by Crippen LogP contribution is 2.32. The Morgan fingerprint density at radius 1 is 1.16 bits per heavy atom. The Balaban J connectivity index is 1.43. The summed E-state index contributed by atoms with van der Waals surface area (Å²) in [5.41, 5.74) is 5.28. The quantitative estimate of drug-likeness (QED) is 0.488. The Labute approximate surface area is 191 Å². The van der Waals surface area contributed by atoms with Gasteiger partial charge in [-0.3, -0.25) is 14.9 Å². The van der Waals surface area contributed by atoms with E-state index in [4.69, 9.17) is 11.6 Å². The van der Waals surface area contributed by atoms with E-state index in [1.165, 1.54) is 0 Å². The van der Waals surface area contributed by atoms with E-state index in [-0.39, 0.29) is 17.9 Å². The van der Waals surface area contributed by atoms with Gasteiger partial charge in [-0.25, -0.2) is 0 Å². The van der Waals surface area contributed by atoms with Gasteiger partial charge < -0.3 is 10.2 Å². The minimum absolute atomic E-state index is 0.0187. The van der Waals surface area contributed by atoms with Crippen LogP contribution in [0.1, 0.15) is 27.5 Å². The van der Waals surface area contributed by atoms with Gasteiger partial charge in [0, 0.05) is 58.5 Å². The Bertz CT molecular complexity index is 1300. The van der Waals surface area contributed by atoms with E-state index in [1.54, 1.807) is 6.20 Å². The van der Waals surface area contributed by atoms with Gasteiger partial charge in [0.15, 0.2) is 0 Å². The van der Waals surface area contributed by atoms with E-state index in [2.05, 4.69) is 32.4 Å². The van der Waals surface area contributed by atoms with Crippen LogP contribution in [0.2, 0.25) is 5.02 Å². The van der Waals surface area contributed by atoms with Crippen LogP contribution in [0.25, 0.3) is 22.2 Å². The molecule has 0 aliphatic carbocycles. The number of hydrogen-bond donors (Lipinski definition) is 2. The SMILES string of the molecule is Cc1cc(-c2n[nH]c3ccc(C(=O)N[C@@H]4CN(C)C[C@H]4c4ccccc4Cl)cc23)ccn1. The first-order chi connectivity index (χ1) is 15.5. The highest BCUT2D eigenvalue weighted by Gasteiger charge is 2.34. The first-order valence-corrected chi connectivity index (χ1v) is 11.0. The average Bonchev–Trinajstić information content (AvgIpc) is 3.36. The number of benzene rings is 2. The third-order valence-electron chi connectivity index (χ3n) is 6.12. The molecule has 0 unspecified atom stereocenters. The van der Waals surface area contributed by atoms with E-state index < -0.39 is 0 Å². The van der Waals surface area contributed by atoms with Gasteiger partial charge in [-0.1, -0.05) is 29.8 Å². The standard InChI is InChI=1S/C25H24ClN5O/c1-15-11-16(9-10-27-15)24-19-12-17(7-8-22(19)29-30-24)25(32)28-23-14-31(2)13-20(23)18-5-3-4-6-21(18)26/h3-12,20,23H,13-14H2,1-2H3,(H,28,32)(H,29,30)/t20-,23+/m0/s1. The lowest BCUT2D eigenvalue weighted by Gasteiger charge is -2.21. The molecule has 2 N–H and O–H groups in total. The number of halogens is 1. The zero-order valence-corrected chi connectivity index (χ0v) is 18.7. The van der Waals surface area contributed by atoms with Gasteiger partial charge in [-0.05, 0) is 55.9 Å². The summed E-state index contributed by atoms with van der Waals surface area (Å²) in [5.74, 6) is 0.0490. The molecule has 3 heterocycles. The van der Waals surface area contributed by atoms with Gasteiger partial charge in [-0.15, -0.1) is 0 Å². The summed E-state index contributed by atoms with van der Waals surface area (Å²) in [7, 11) is 2.07. The van der Waals surface area contributed by atoms with Crippen LogP contribution < -0.4 is 5.32 Å². The number of carbonyl (C=O) groups excluding carboxylic acids is 1. The number of amides is 1. The van der Waals surface area contributed by atoms with E-state index in [0.717, 1.165) is 51.5 Å². The fourth-order valence-electron chi connectivity index (χ4n) is 4.56. The molecule has 1 saturated heterocycles. The van der Waals surface area contributed by atoms with E-state index in [1.807, 2.05) is 61.5 Å². The second kappa shape index (κ2) is 8.37. The molecule has 0 saturated carbocycles. The molecule has 2 aromatic heterocycles. The highest BCUT2D eigenvalue weighted by molar-refractivity contribution is 6.31. The molecule has 6 nitrogen and oxygen atoms in total. The van der Waals surface area contributed by atoms with Crippen molar-refractivity contribution in [1.82, 2.24) is 25.4 Å². The molecule has 1 amide bonds. The number of aromatic amines is 1. The van der Waals surface area contributed by atoms with Gasteiger partial charge in [0.2, 0.25) is 0 Å². The molecule has 162 valence electrons. The lowest BCUT2D eigenvalue weighted by Crippen LogP contribution is -2.39. The van der Waals surface area contributed by atoms with Gasteiger partial charge in [0.1, 0.15) is 5.69 Å². The molecular formula is C25H24ClN5O. The number of likely N-dealkylation sites (tertiary alicyclic amines) is 1. The second-order valence-corrected chi connectivity index (χ2v) is 8.85. The summed E-state index contributed by atoms with van der Waals surface area (Å²) in [6.45, 7) is 3.57. The lowest BCUT2D eigenvalue weighted by molar-refractivity contribution is 0.0936. The van der Waals surface area contributed by atoms with Crippen molar-refractivity contribution in [3.8, 4) is 11.3 Å². The third-order valence-corrected chi connectivity index (χ3v) is 6.46. The van der Waals surface area contributed by atoms with Crippen molar-refractivity contribution < 1.29 is 4.79 Å². The Morgan fingerprint density at radius 3 is 2.81 bits per heavy atom. The lowest BCUT2D eigenvalue weighted by atomic mass is 9.94. The van der Waals surface area contributed by atoms with Gasteiger partial charge in [-0.2, -0.15) is 5.10 Å². The minimum atomic E-state index is -0.0951. The van der Waals surface area contributed by atoms with Crippen LogP contribution in [0.15, 0.2) is 60.8 Å². The Kier molecular flexibility index (Phi) is 5.41. The van der Waals surface area contributed by atoms with Crippen LogP contribution >= 0.6 is 11.6 Å². The van der Waals surface area contributed by atoms with Gasteiger partial charge >= 0.3 is 0 Å². The van der Waals surface area contributed by atoms with Crippen molar-refractivity contribution in [3.05, 3.63) is 82.6 Å². The molecule has 1 fully saturated rings. The maximum Gasteiger partial charge on any atom is 0.251 e. The van der Waals surface area contributed by atoms with Crippen LogP contribution in [0, 0.1) is 6.92 Å². The average molecular weight is 446 g/mol. The first-order valence-electron chi connectivity index (χ1n) is 10.6. The fourth-order valence-corrected chi connectivity index (χ4v) is 4.83. The number of rotatable bonds is 4. The number of hydrogen-bond acceptors (Lipinski definition) is 4. The second-order valence-electron chi connectivity index (χ2n) is 8.45. The smallest absolute Gasteiger partial charge is 0.251 e. The number of nitrogens with zero attached hydrogens (tertiary/aromatic N) is 3. The molecular weight excluding hydrogens is 422 g/mol. The normalized spacial score (nSPS) is 18.8. The number of aromatic nitrogens is 3. The predicted octanol–water partition coefficient (Wildman–Crippen LogP) is 4.41. The molecule has 0 bridgehead atoms. The van der Waals surface area contributed by atoms with Crippen LogP contribution in [0.4, 0.5) is 0 Å². The van der Waals surface area contributed by atoms with Gasteiger partial charge in [0.25, 0.3) is 5.91 Å². The highest BCUT2D eigenvalue weighted by atomic mass is 35.5. The number of likely N-dealkylation sites (N-methyl/N-ethyl adjacent to an activating group) is 1. The topological polar surface area (TPSA) is 73.9 Å². The summed E-state index contributed by atoms with van der Waals surface area (Å²) in [6, 6.07) is 17.4. The molecule has 5 rings (SSSR count). The zero-order chi connectivity index (χ0) is 22.2. The molecule has 1 aliphatic heterocycles. The summed E-state index contributed by atoms with van der Waals surface area (Å²) in [4.78, 5) is 19.7. The molecule has 0 radical (unpaired) electrons. The van der Waals surface area contributed by atoms with Crippen molar-refractivity contribution in [2.24, 2.45) is 0 Å². The number of H-pyrrole nitrogens is 1. The fraction of sp³-hybridized carbons (Fsp3) is 0.240. The number of carbonyl (C=O) groups is 1. The van der Waals surface area contributed by atoms with Crippen molar-refractivity contribution in [2.45, 2.75) is 18.9 Å². The van der Waals surface area contributed by atoms with Crippen molar-refractivity contribution in [2.75, 3.05) is 20.1 Å². The third kappa shape index (κ3) is 3.87. The molecule has 2 aromatic carbocycles. The maximum absolute atomic E-state index is 13.2. The molecule has 32 heavy (non-hydrogen) atoms. The van der Waals surface area contributed by atoms with Crippen molar-refractivity contribution in [1.29, 1.82) is 0 Å². The Hall–Kier alpha value is -3.22. The minimum Gasteiger partial charge on any atom is -0.347 e. The summed E-state index contributed by atoms with van der Waals surface area (Å²) >= 11 is 6.46. The number of pyridine rings is 1.